The van der Waals surface area contributed by atoms with E-state index in [0.29, 0.717) is 18.7 Å². The number of rotatable bonds is 1. The summed E-state index contributed by atoms with van der Waals surface area (Å²) in [6, 6.07) is 0. The number of hydrogen-bond acceptors (Lipinski definition) is 4. The first-order valence-electron chi connectivity index (χ1n) is 5.09. The fourth-order valence-electron chi connectivity index (χ4n) is 1.68. The van der Waals surface area contributed by atoms with Crippen LogP contribution in [0.4, 0.5) is 0 Å². The van der Waals surface area contributed by atoms with Crippen molar-refractivity contribution in [1.82, 2.24) is 15.5 Å². The number of piperazine rings is 1. The maximum atomic E-state index is 11.9. The summed E-state index contributed by atoms with van der Waals surface area (Å²) < 4.78 is 0. The van der Waals surface area contributed by atoms with Gasteiger partial charge in [-0.15, -0.1) is 0 Å². The summed E-state index contributed by atoms with van der Waals surface area (Å²) in [5, 5.41) is 5.20. The van der Waals surface area contributed by atoms with E-state index in [9.17, 15) is 14.4 Å². The monoisotopic (exact) mass is 223 g/mol. The van der Waals surface area contributed by atoms with Crippen LogP contribution in [0.5, 0.6) is 0 Å². The van der Waals surface area contributed by atoms with Crippen LogP contribution in [0.1, 0.15) is 6.92 Å². The van der Waals surface area contributed by atoms with Crippen molar-refractivity contribution < 1.29 is 14.4 Å². The van der Waals surface area contributed by atoms with Crippen LogP contribution in [0.2, 0.25) is 0 Å². The molecular formula is C10H13N3O3. The Bertz CT molecular complexity index is 378. The molecule has 2 rings (SSSR count). The summed E-state index contributed by atoms with van der Waals surface area (Å²) in [6.07, 6.45) is 0. The molecule has 2 N–H and O–H groups in total. The fraction of sp³-hybridized carbons (Fsp3) is 0.500. The lowest BCUT2D eigenvalue weighted by molar-refractivity contribution is -0.143. The Morgan fingerprint density at radius 3 is 2.19 bits per heavy atom. The molecule has 86 valence electrons. The normalized spacial score (nSPS) is 20.3. The second-order valence-electron chi connectivity index (χ2n) is 3.96. The third kappa shape index (κ3) is 1.96. The number of nitrogens with zero attached hydrogens (tertiary/aromatic N) is 1. The van der Waals surface area contributed by atoms with Crippen molar-refractivity contribution >= 4 is 17.7 Å². The molecule has 2 aliphatic rings. The van der Waals surface area contributed by atoms with Crippen LogP contribution in [-0.4, -0.2) is 48.8 Å². The van der Waals surface area contributed by atoms with E-state index in [0.717, 1.165) is 5.57 Å². The summed E-state index contributed by atoms with van der Waals surface area (Å²) in [5.41, 5.74) is 1.68. The van der Waals surface area contributed by atoms with Crippen molar-refractivity contribution in [2.45, 2.75) is 6.92 Å². The van der Waals surface area contributed by atoms with Crippen LogP contribution in [0, 0.1) is 0 Å². The van der Waals surface area contributed by atoms with E-state index in [1.54, 1.807) is 6.92 Å². The average Bonchev–Trinajstić information content (AvgIpc) is 2.12. The minimum absolute atomic E-state index is 0.0391. The van der Waals surface area contributed by atoms with Gasteiger partial charge in [-0.3, -0.25) is 19.7 Å². The number of carbonyl (C=O) groups excluding carboxylic acids is 3. The molecule has 16 heavy (non-hydrogen) atoms. The molecule has 6 heteroatoms. The second-order valence-corrected chi connectivity index (χ2v) is 3.96. The van der Waals surface area contributed by atoms with E-state index in [2.05, 4.69) is 10.6 Å². The molecule has 2 fully saturated rings. The standard InChI is InChI=1S/C10H13N3O3/c1-6(7-2-11-3-7)10(16)13-4-8(14)12-9(15)5-13/h11H,2-5H2,1H3,(H,12,14,15). The van der Waals surface area contributed by atoms with Crippen LogP contribution >= 0.6 is 0 Å². The molecule has 0 atom stereocenters. The van der Waals surface area contributed by atoms with Gasteiger partial charge in [-0.2, -0.15) is 0 Å². The van der Waals surface area contributed by atoms with E-state index in [4.69, 9.17) is 0 Å². The van der Waals surface area contributed by atoms with Crippen molar-refractivity contribution in [2.75, 3.05) is 26.2 Å². The molecule has 0 aromatic rings. The van der Waals surface area contributed by atoms with Gasteiger partial charge in [-0.05, 0) is 12.5 Å². The zero-order valence-corrected chi connectivity index (χ0v) is 9.00. The number of amides is 3. The van der Waals surface area contributed by atoms with Gasteiger partial charge in [0, 0.05) is 18.7 Å². The van der Waals surface area contributed by atoms with Gasteiger partial charge in [0.1, 0.15) is 13.1 Å². The van der Waals surface area contributed by atoms with Crippen LogP contribution < -0.4 is 10.6 Å². The predicted octanol–water partition coefficient (Wildman–Crippen LogP) is -1.61. The highest BCUT2D eigenvalue weighted by molar-refractivity contribution is 6.05. The molecule has 0 spiro atoms. The number of imide groups is 1. The van der Waals surface area contributed by atoms with Gasteiger partial charge in [0.15, 0.2) is 0 Å². The summed E-state index contributed by atoms with van der Waals surface area (Å²) in [5.74, 6) is -1.07. The lowest BCUT2D eigenvalue weighted by atomic mass is 10.0. The van der Waals surface area contributed by atoms with Crippen LogP contribution in [-0.2, 0) is 14.4 Å². The van der Waals surface area contributed by atoms with Gasteiger partial charge in [0.25, 0.3) is 0 Å². The summed E-state index contributed by atoms with van der Waals surface area (Å²) in [6.45, 7) is 3.08. The molecular weight excluding hydrogens is 210 g/mol. The van der Waals surface area contributed by atoms with E-state index in [-0.39, 0.29) is 19.0 Å². The highest BCUT2D eigenvalue weighted by atomic mass is 16.2. The van der Waals surface area contributed by atoms with E-state index >= 15 is 0 Å². The van der Waals surface area contributed by atoms with Gasteiger partial charge < -0.3 is 10.2 Å². The Morgan fingerprint density at radius 2 is 1.75 bits per heavy atom. The highest BCUT2D eigenvalue weighted by Gasteiger charge is 2.28. The summed E-state index contributed by atoms with van der Waals surface area (Å²) >= 11 is 0. The molecule has 2 aliphatic heterocycles. The number of hydrogen-bond donors (Lipinski definition) is 2. The third-order valence-corrected chi connectivity index (χ3v) is 2.76. The van der Waals surface area contributed by atoms with Gasteiger partial charge >= 0.3 is 0 Å². The first kappa shape index (κ1) is 10.8. The minimum Gasteiger partial charge on any atom is -0.320 e. The Balaban J connectivity index is 2.09. The highest BCUT2D eigenvalue weighted by Crippen LogP contribution is 2.12. The topological polar surface area (TPSA) is 78.5 Å². The lowest BCUT2D eigenvalue weighted by Gasteiger charge is -2.28. The smallest absolute Gasteiger partial charge is 0.250 e. The first-order valence-corrected chi connectivity index (χ1v) is 5.09. The molecule has 0 aliphatic carbocycles. The number of carbonyl (C=O) groups is 3. The van der Waals surface area contributed by atoms with Crippen LogP contribution in [0.15, 0.2) is 11.1 Å². The maximum absolute atomic E-state index is 11.9. The predicted molar refractivity (Wildman–Crippen MR) is 55.3 cm³/mol. The van der Waals surface area contributed by atoms with Gasteiger partial charge in [0.2, 0.25) is 17.7 Å². The van der Waals surface area contributed by atoms with Crippen molar-refractivity contribution in [3.8, 4) is 0 Å². The Morgan fingerprint density at radius 1 is 1.19 bits per heavy atom. The fourth-order valence-corrected chi connectivity index (χ4v) is 1.68. The lowest BCUT2D eigenvalue weighted by Crippen LogP contribution is -2.54. The molecule has 0 bridgehead atoms. The van der Waals surface area contributed by atoms with Gasteiger partial charge in [-0.1, -0.05) is 0 Å². The molecule has 0 saturated carbocycles. The second kappa shape index (κ2) is 4.05. The van der Waals surface area contributed by atoms with E-state index in [1.165, 1.54) is 4.90 Å². The zero-order valence-electron chi connectivity index (χ0n) is 9.00. The molecule has 2 heterocycles. The summed E-state index contributed by atoms with van der Waals surface area (Å²) in [7, 11) is 0. The Labute approximate surface area is 92.7 Å². The molecule has 0 radical (unpaired) electrons. The number of nitrogens with one attached hydrogen (secondary N) is 2. The van der Waals surface area contributed by atoms with Crippen molar-refractivity contribution in [2.24, 2.45) is 0 Å². The zero-order chi connectivity index (χ0) is 11.7. The quantitative estimate of drug-likeness (QED) is 0.414. The molecule has 3 amide bonds. The molecule has 0 unspecified atom stereocenters. The molecule has 6 nitrogen and oxygen atoms in total. The third-order valence-electron chi connectivity index (χ3n) is 2.76. The Hall–Kier alpha value is -1.69. The molecule has 0 aromatic heterocycles. The largest absolute Gasteiger partial charge is 0.320 e. The average molecular weight is 223 g/mol. The molecule has 0 aromatic carbocycles. The van der Waals surface area contributed by atoms with Crippen molar-refractivity contribution in [3.05, 3.63) is 11.1 Å². The maximum Gasteiger partial charge on any atom is 0.250 e. The Kier molecular flexibility index (Phi) is 2.74. The van der Waals surface area contributed by atoms with Gasteiger partial charge in [-0.25, -0.2) is 0 Å². The minimum atomic E-state index is -0.422. The van der Waals surface area contributed by atoms with E-state index < -0.39 is 11.8 Å². The van der Waals surface area contributed by atoms with Crippen molar-refractivity contribution in [1.29, 1.82) is 0 Å². The van der Waals surface area contributed by atoms with Gasteiger partial charge in [0.05, 0.1) is 0 Å². The first-order chi connectivity index (χ1) is 7.58. The van der Waals surface area contributed by atoms with Crippen LogP contribution in [0.3, 0.4) is 0 Å². The van der Waals surface area contributed by atoms with Crippen LogP contribution in [0.25, 0.3) is 0 Å². The van der Waals surface area contributed by atoms with E-state index in [1.807, 2.05) is 0 Å². The summed E-state index contributed by atoms with van der Waals surface area (Å²) in [4.78, 5) is 35.4. The van der Waals surface area contributed by atoms with Crippen molar-refractivity contribution in [3.63, 3.8) is 0 Å². The SMILES string of the molecule is CC(C(=O)N1CC(=O)NC(=O)C1)=C1CNC1. The molecule has 2 saturated heterocycles.